The van der Waals surface area contributed by atoms with E-state index in [9.17, 15) is 4.79 Å². The molecule has 27 heavy (non-hydrogen) atoms. The Morgan fingerprint density at radius 3 is 2.56 bits per heavy atom. The van der Waals surface area contributed by atoms with E-state index in [0.29, 0.717) is 11.5 Å². The second-order valence-corrected chi connectivity index (χ2v) is 7.88. The number of nitrogens with zero attached hydrogens (tertiary/aromatic N) is 2. The van der Waals surface area contributed by atoms with Gasteiger partial charge < -0.3 is 15.5 Å². The Morgan fingerprint density at radius 2 is 1.89 bits per heavy atom. The van der Waals surface area contributed by atoms with Crippen LogP contribution in [0, 0.1) is 11.8 Å². The SMILES string of the molecule is CC(C)CNc1cc(C(=O)Nc2ccc(N3CCC(C)CC3)cc2)ccn1. The van der Waals surface area contributed by atoms with E-state index in [-0.39, 0.29) is 5.91 Å². The second kappa shape index (κ2) is 8.89. The normalized spacial score (nSPS) is 15.0. The molecule has 0 aliphatic carbocycles. The van der Waals surface area contributed by atoms with Crippen LogP contribution in [0.25, 0.3) is 0 Å². The van der Waals surface area contributed by atoms with Gasteiger partial charge in [0, 0.05) is 42.8 Å². The zero-order valence-electron chi connectivity index (χ0n) is 16.5. The first-order valence-corrected chi connectivity index (χ1v) is 9.87. The Hall–Kier alpha value is -2.56. The predicted molar refractivity (Wildman–Crippen MR) is 113 cm³/mol. The fourth-order valence-electron chi connectivity index (χ4n) is 3.20. The van der Waals surface area contributed by atoms with E-state index in [1.165, 1.54) is 18.5 Å². The number of rotatable bonds is 6. The molecule has 0 radical (unpaired) electrons. The third-order valence-electron chi connectivity index (χ3n) is 4.99. The summed E-state index contributed by atoms with van der Waals surface area (Å²) in [4.78, 5) is 19.2. The summed E-state index contributed by atoms with van der Waals surface area (Å²) in [5.41, 5.74) is 2.64. The first-order chi connectivity index (χ1) is 13.0. The van der Waals surface area contributed by atoms with Crippen molar-refractivity contribution in [2.45, 2.75) is 33.6 Å². The van der Waals surface area contributed by atoms with Gasteiger partial charge in [0.2, 0.25) is 0 Å². The minimum Gasteiger partial charge on any atom is -0.372 e. The van der Waals surface area contributed by atoms with Crippen molar-refractivity contribution in [2.24, 2.45) is 11.8 Å². The Labute approximate surface area is 162 Å². The zero-order valence-corrected chi connectivity index (χ0v) is 16.5. The van der Waals surface area contributed by atoms with Gasteiger partial charge in [-0.05, 0) is 61.1 Å². The lowest BCUT2D eigenvalue weighted by atomic mass is 9.99. The van der Waals surface area contributed by atoms with Gasteiger partial charge in [-0.25, -0.2) is 4.98 Å². The van der Waals surface area contributed by atoms with Crippen molar-refractivity contribution in [3.63, 3.8) is 0 Å². The lowest BCUT2D eigenvalue weighted by Gasteiger charge is -2.32. The highest BCUT2D eigenvalue weighted by Gasteiger charge is 2.16. The van der Waals surface area contributed by atoms with Crippen molar-refractivity contribution in [3.8, 4) is 0 Å². The fourth-order valence-corrected chi connectivity index (χ4v) is 3.20. The number of nitrogens with one attached hydrogen (secondary N) is 2. The quantitative estimate of drug-likeness (QED) is 0.782. The molecule has 0 spiro atoms. The molecule has 2 heterocycles. The van der Waals surface area contributed by atoms with Gasteiger partial charge in [-0.2, -0.15) is 0 Å². The van der Waals surface area contributed by atoms with Crippen molar-refractivity contribution < 1.29 is 4.79 Å². The monoisotopic (exact) mass is 366 g/mol. The Balaban J connectivity index is 1.60. The third kappa shape index (κ3) is 5.46. The van der Waals surface area contributed by atoms with Crippen LogP contribution >= 0.6 is 0 Å². The van der Waals surface area contributed by atoms with E-state index >= 15 is 0 Å². The average Bonchev–Trinajstić information content (AvgIpc) is 2.68. The lowest BCUT2D eigenvalue weighted by Crippen LogP contribution is -2.32. The van der Waals surface area contributed by atoms with E-state index in [4.69, 9.17) is 0 Å². The van der Waals surface area contributed by atoms with Gasteiger partial charge in [-0.1, -0.05) is 20.8 Å². The van der Waals surface area contributed by atoms with Gasteiger partial charge in [-0.3, -0.25) is 4.79 Å². The van der Waals surface area contributed by atoms with Crippen molar-refractivity contribution in [2.75, 3.05) is 35.2 Å². The molecular weight excluding hydrogens is 336 g/mol. The van der Waals surface area contributed by atoms with Crippen molar-refractivity contribution >= 4 is 23.1 Å². The number of carbonyl (C=O) groups excluding carboxylic acids is 1. The number of aromatic nitrogens is 1. The van der Waals surface area contributed by atoms with Crippen molar-refractivity contribution in [3.05, 3.63) is 48.2 Å². The smallest absolute Gasteiger partial charge is 0.255 e. The van der Waals surface area contributed by atoms with E-state index in [2.05, 4.69) is 53.4 Å². The van der Waals surface area contributed by atoms with Gasteiger partial charge in [0.1, 0.15) is 5.82 Å². The molecule has 1 fully saturated rings. The first kappa shape index (κ1) is 19.2. The number of pyridine rings is 1. The number of hydrogen-bond acceptors (Lipinski definition) is 4. The molecule has 5 heteroatoms. The highest BCUT2D eigenvalue weighted by Crippen LogP contribution is 2.24. The Kier molecular flexibility index (Phi) is 6.32. The Morgan fingerprint density at radius 1 is 1.19 bits per heavy atom. The summed E-state index contributed by atoms with van der Waals surface area (Å²) in [6.07, 6.45) is 4.15. The molecule has 144 valence electrons. The van der Waals surface area contributed by atoms with E-state index in [0.717, 1.165) is 37.1 Å². The molecule has 1 aromatic carbocycles. The van der Waals surface area contributed by atoms with Crippen LogP contribution in [0.3, 0.4) is 0 Å². The van der Waals surface area contributed by atoms with Gasteiger partial charge in [0.15, 0.2) is 0 Å². The molecule has 2 N–H and O–H groups in total. The second-order valence-electron chi connectivity index (χ2n) is 7.88. The van der Waals surface area contributed by atoms with Crippen LogP contribution in [-0.4, -0.2) is 30.5 Å². The summed E-state index contributed by atoms with van der Waals surface area (Å²) in [6.45, 7) is 9.63. The molecule has 5 nitrogen and oxygen atoms in total. The minimum atomic E-state index is -0.121. The number of hydrogen-bond donors (Lipinski definition) is 2. The Bertz CT molecular complexity index is 749. The number of amides is 1. The van der Waals surface area contributed by atoms with Gasteiger partial charge in [0.05, 0.1) is 0 Å². The van der Waals surface area contributed by atoms with Crippen LogP contribution in [0.2, 0.25) is 0 Å². The average molecular weight is 367 g/mol. The molecule has 0 bridgehead atoms. The molecule has 0 atom stereocenters. The third-order valence-corrected chi connectivity index (χ3v) is 4.99. The van der Waals surface area contributed by atoms with Gasteiger partial charge in [0.25, 0.3) is 5.91 Å². The van der Waals surface area contributed by atoms with Crippen LogP contribution < -0.4 is 15.5 Å². The van der Waals surface area contributed by atoms with Gasteiger partial charge >= 0.3 is 0 Å². The van der Waals surface area contributed by atoms with Crippen LogP contribution in [0.4, 0.5) is 17.2 Å². The maximum atomic E-state index is 12.6. The highest BCUT2D eigenvalue weighted by molar-refractivity contribution is 6.04. The molecule has 1 aromatic heterocycles. The largest absolute Gasteiger partial charge is 0.372 e. The summed E-state index contributed by atoms with van der Waals surface area (Å²) in [6, 6.07) is 11.7. The van der Waals surface area contributed by atoms with E-state index in [1.54, 1.807) is 18.3 Å². The first-order valence-electron chi connectivity index (χ1n) is 9.87. The van der Waals surface area contributed by atoms with Crippen LogP contribution in [-0.2, 0) is 0 Å². The standard InChI is InChI=1S/C22H30N4O/c1-16(2)15-24-21-14-18(8-11-23-21)22(27)25-19-4-6-20(7-5-19)26-12-9-17(3)10-13-26/h4-8,11,14,16-17H,9-10,12-13,15H2,1-3H3,(H,23,24)(H,25,27). The van der Waals surface area contributed by atoms with Crippen LogP contribution in [0.5, 0.6) is 0 Å². The molecule has 2 aromatic rings. The molecular formula is C22H30N4O. The summed E-state index contributed by atoms with van der Waals surface area (Å²) in [5, 5.41) is 6.23. The van der Waals surface area contributed by atoms with Crippen molar-refractivity contribution in [1.82, 2.24) is 4.98 Å². The number of anilines is 3. The number of piperidine rings is 1. The van der Waals surface area contributed by atoms with Crippen molar-refractivity contribution in [1.29, 1.82) is 0 Å². The molecule has 0 saturated carbocycles. The molecule has 1 amide bonds. The molecule has 1 aliphatic rings. The maximum Gasteiger partial charge on any atom is 0.255 e. The van der Waals surface area contributed by atoms with E-state index in [1.807, 2.05) is 12.1 Å². The topological polar surface area (TPSA) is 57.3 Å². The summed E-state index contributed by atoms with van der Waals surface area (Å²) < 4.78 is 0. The molecule has 3 rings (SSSR count). The van der Waals surface area contributed by atoms with Gasteiger partial charge in [-0.15, -0.1) is 0 Å². The zero-order chi connectivity index (χ0) is 19.2. The molecule has 1 aliphatic heterocycles. The lowest BCUT2D eigenvalue weighted by molar-refractivity contribution is 0.102. The van der Waals surface area contributed by atoms with E-state index < -0.39 is 0 Å². The number of carbonyl (C=O) groups is 1. The molecule has 0 unspecified atom stereocenters. The summed E-state index contributed by atoms with van der Waals surface area (Å²) in [7, 11) is 0. The summed E-state index contributed by atoms with van der Waals surface area (Å²) >= 11 is 0. The van der Waals surface area contributed by atoms with Crippen LogP contribution in [0.1, 0.15) is 44.0 Å². The highest BCUT2D eigenvalue weighted by atomic mass is 16.1. The summed E-state index contributed by atoms with van der Waals surface area (Å²) in [5.74, 6) is 1.95. The fraction of sp³-hybridized carbons (Fsp3) is 0.455. The minimum absolute atomic E-state index is 0.121. The van der Waals surface area contributed by atoms with Crippen LogP contribution in [0.15, 0.2) is 42.6 Å². The maximum absolute atomic E-state index is 12.6. The predicted octanol–water partition coefficient (Wildman–Crippen LogP) is 4.64. The number of benzene rings is 1. The molecule has 1 saturated heterocycles.